The summed E-state index contributed by atoms with van der Waals surface area (Å²) in [7, 11) is 0. The van der Waals surface area contributed by atoms with Crippen LogP contribution in [0, 0.1) is 6.92 Å². The summed E-state index contributed by atoms with van der Waals surface area (Å²) in [5.41, 5.74) is 9.55. The number of nitrogens with two attached hydrogens (primary N) is 1. The fourth-order valence-corrected chi connectivity index (χ4v) is 3.03. The molecule has 1 aliphatic rings. The molecular weight excluding hydrogens is 270 g/mol. The first-order valence-electron chi connectivity index (χ1n) is 6.80. The van der Waals surface area contributed by atoms with Crippen LogP contribution in [0.3, 0.4) is 0 Å². The number of ether oxygens (including phenoxy) is 1. The van der Waals surface area contributed by atoms with Crippen molar-refractivity contribution in [2.24, 2.45) is 5.73 Å². The highest BCUT2D eigenvalue weighted by molar-refractivity contribution is 6.31. The molecule has 0 saturated carbocycles. The molecule has 1 aliphatic heterocycles. The highest BCUT2D eigenvalue weighted by Gasteiger charge is 2.32. The van der Waals surface area contributed by atoms with Crippen LogP contribution in [0.5, 0.6) is 5.75 Å². The summed E-state index contributed by atoms with van der Waals surface area (Å²) < 4.78 is 5.81. The number of hydrogen-bond donors (Lipinski definition) is 1. The van der Waals surface area contributed by atoms with E-state index >= 15 is 0 Å². The van der Waals surface area contributed by atoms with E-state index in [1.54, 1.807) is 0 Å². The van der Waals surface area contributed by atoms with Crippen LogP contribution < -0.4 is 10.5 Å². The Bertz CT molecular complexity index is 641. The van der Waals surface area contributed by atoms with Gasteiger partial charge in [0, 0.05) is 5.02 Å². The minimum Gasteiger partial charge on any atom is -0.491 e. The SMILES string of the molecule is Cc1ccc(CC2(N)COc3ccccc3C2)c(Cl)c1. The van der Waals surface area contributed by atoms with Gasteiger partial charge in [-0.3, -0.25) is 0 Å². The molecule has 3 rings (SSSR count). The molecule has 0 radical (unpaired) electrons. The van der Waals surface area contributed by atoms with Crippen molar-refractivity contribution in [3.63, 3.8) is 0 Å². The van der Waals surface area contributed by atoms with E-state index in [2.05, 4.69) is 18.2 Å². The van der Waals surface area contributed by atoms with Crippen LogP contribution in [0.2, 0.25) is 5.02 Å². The zero-order valence-corrected chi connectivity index (χ0v) is 12.3. The number of aryl methyl sites for hydroxylation is 1. The monoisotopic (exact) mass is 287 g/mol. The van der Waals surface area contributed by atoms with Crippen LogP contribution in [0.1, 0.15) is 16.7 Å². The van der Waals surface area contributed by atoms with Crippen molar-refractivity contribution in [2.75, 3.05) is 6.61 Å². The van der Waals surface area contributed by atoms with E-state index in [4.69, 9.17) is 22.1 Å². The fourth-order valence-electron chi connectivity index (χ4n) is 2.73. The molecule has 2 aromatic carbocycles. The zero-order chi connectivity index (χ0) is 14.2. The number of rotatable bonds is 2. The molecule has 2 N–H and O–H groups in total. The van der Waals surface area contributed by atoms with Gasteiger partial charge in [0.15, 0.2) is 0 Å². The van der Waals surface area contributed by atoms with Gasteiger partial charge in [0.1, 0.15) is 12.4 Å². The van der Waals surface area contributed by atoms with Crippen LogP contribution in [-0.2, 0) is 12.8 Å². The maximum Gasteiger partial charge on any atom is 0.122 e. The number of halogens is 1. The molecule has 2 aromatic rings. The second kappa shape index (κ2) is 5.12. The Balaban J connectivity index is 1.84. The molecule has 0 aliphatic carbocycles. The third-order valence-corrected chi connectivity index (χ3v) is 4.13. The molecule has 1 heterocycles. The summed E-state index contributed by atoms with van der Waals surface area (Å²) in [6.07, 6.45) is 1.54. The van der Waals surface area contributed by atoms with Crippen LogP contribution in [0.25, 0.3) is 0 Å². The summed E-state index contributed by atoms with van der Waals surface area (Å²) in [5, 5.41) is 0.786. The van der Waals surface area contributed by atoms with Gasteiger partial charge in [-0.15, -0.1) is 0 Å². The highest BCUT2D eigenvalue weighted by atomic mass is 35.5. The van der Waals surface area contributed by atoms with Gasteiger partial charge in [0.2, 0.25) is 0 Å². The summed E-state index contributed by atoms with van der Waals surface area (Å²) in [5.74, 6) is 0.948. The van der Waals surface area contributed by atoms with Gasteiger partial charge in [-0.2, -0.15) is 0 Å². The lowest BCUT2D eigenvalue weighted by molar-refractivity contribution is 0.190. The van der Waals surface area contributed by atoms with Crippen molar-refractivity contribution < 1.29 is 4.74 Å². The van der Waals surface area contributed by atoms with Gasteiger partial charge in [-0.25, -0.2) is 0 Å². The first-order chi connectivity index (χ1) is 9.56. The van der Waals surface area contributed by atoms with Gasteiger partial charge in [-0.1, -0.05) is 41.9 Å². The Labute approximate surface area is 124 Å². The van der Waals surface area contributed by atoms with Crippen LogP contribution in [-0.4, -0.2) is 12.1 Å². The summed E-state index contributed by atoms with van der Waals surface area (Å²) in [6, 6.07) is 14.2. The molecule has 0 amide bonds. The maximum absolute atomic E-state index is 6.53. The topological polar surface area (TPSA) is 35.2 Å². The average Bonchev–Trinajstić information content (AvgIpc) is 2.42. The van der Waals surface area contributed by atoms with E-state index in [0.29, 0.717) is 6.61 Å². The van der Waals surface area contributed by atoms with E-state index in [-0.39, 0.29) is 0 Å². The van der Waals surface area contributed by atoms with Gasteiger partial charge in [-0.05, 0) is 48.6 Å². The lowest BCUT2D eigenvalue weighted by atomic mass is 9.84. The van der Waals surface area contributed by atoms with E-state index in [1.165, 1.54) is 5.56 Å². The summed E-state index contributed by atoms with van der Waals surface area (Å²) in [6.45, 7) is 2.56. The molecule has 1 unspecified atom stereocenters. The van der Waals surface area contributed by atoms with Crippen LogP contribution in [0.15, 0.2) is 42.5 Å². The average molecular weight is 288 g/mol. The largest absolute Gasteiger partial charge is 0.491 e. The normalized spacial score (nSPS) is 21.1. The number of benzene rings is 2. The molecular formula is C17H18ClNO. The van der Waals surface area contributed by atoms with E-state index in [0.717, 1.165) is 34.7 Å². The minimum atomic E-state index is -0.396. The van der Waals surface area contributed by atoms with Gasteiger partial charge in [0.25, 0.3) is 0 Å². The van der Waals surface area contributed by atoms with Gasteiger partial charge in [0.05, 0.1) is 5.54 Å². The predicted octanol–water partition coefficient (Wildman–Crippen LogP) is 3.52. The number of fused-ring (bicyclic) bond motifs is 1. The number of hydrogen-bond acceptors (Lipinski definition) is 2. The van der Waals surface area contributed by atoms with Crippen molar-refractivity contribution in [1.82, 2.24) is 0 Å². The lowest BCUT2D eigenvalue weighted by Gasteiger charge is -2.35. The van der Waals surface area contributed by atoms with Gasteiger partial charge >= 0.3 is 0 Å². The number of para-hydroxylation sites is 1. The van der Waals surface area contributed by atoms with E-state index in [1.807, 2.05) is 31.2 Å². The maximum atomic E-state index is 6.53. The minimum absolute atomic E-state index is 0.396. The molecule has 0 aromatic heterocycles. The summed E-state index contributed by atoms with van der Waals surface area (Å²) in [4.78, 5) is 0. The molecule has 0 spiro atoms. The molecule has 2 nitrogen and oxygen atoms in total. The molecule has 20 heavy (non-hydrogen) atoms. The van der Waals surface area contributed by atoms with E-state index < -0.39 is 5.54 Å². The Kier molecular flexibility index (Phi) is 3.45. The Morgan fingerprint density at radius 1 is 1.25 bits per heavy atom. The Morgan fingerprint density at radius 2 is 2.05 bits per heavy atom. The predicted molar refractivity (Wildman–Crippen MR) is 82.5 cm³/mol. The quantitative estimate of drug-likeness (QED) is 0.917. The van der Waals surface area contributed by atoms with Crippen molar-refractivity contribution >= 4 is 11.6 Å². The summed E-state index contributed by atoms with van der Waals surface area (Å²) >= 11 is 6.31. The highest BCUT2D eigenvalue weighted by Crippen LogP contribution is 2.31. The zero-order valence-electron chi connectivity index (χ0n) is 11.5. The van der Waals surface area contributed by atoms with Crippen molar-refractivity contribution in [1.29, 1.82) is 0 Å². The smallest absolute Gasteiger partial charge is 0.122 e. The Morgan fingerprint density at radius 3 is 2.85 bits per heavy atom. The van der Waals surface area contributed by atoms with Crippen molar-refractivity contribution in [2.45, 2.75) is 25.3 Å². The molecule has 0 saturated heterocycles. The third kappa shape index (κ3) is 2.67. The van der Waals surface area contributed by atoms with E-state index in [9.17, 15) is 0 Å². The third-order valence-electron chi connectivity index (χ3n) is 3.78. The lowest BCUT2D eigenvalue weighted by Crippen LogP contribution is -2.51. The molecule has 104 valence electrons. The standard InChI is InChI=1S/C17H18ClNO/c1-12-6-7-13(15(18)8-12)9-17(19)10-14-4-2-3-5-16(14)20-11-17/h2-8H,9-11,19H2,1H3. The molecule has 3 heteroatoms. The Hall–Kier alpha value is -1.51. The van der Waals surface area contributed by atoms with Crippen LogP contribution >= 0.6 is 11.6 Å². The molecule has 1 atom stereocenters. The second-order valence-electron chi connectivity index (χ2n) is 5.71. The first kappa shape index (κ1) is 13.5. The molecule has 0 fully saturated rings. The second-order valence-corrected chi connectivity index (χ2v) is 6.11. The van der Waals surface area contributed by atoms with Crippen LogP contribution in [0.4, 0.5) is 0 Å². The fraction of sp³-hybridized carbons (Fsp3) is 0.294. The van der Waals surface area contributed by atoms with Crippen molar-refractivity contribution in [3.05, 3.63) is 64.2 Å². The van der Waals surface area contributed by atoms with Gasteiger partial charge < -0.3 is 10.5 Å². The first-order valence-corrected chi connectivity index (χ1v) is 7.18. The van der Waals surface area contributed by atoms with Crippen molar-refractivity contribution in [3.8, 4) is 5.75 Å². The molecule has 0 bridgehead atoms.